The number of para-hydroxylation sites is 1. The van der Waals surface area contributed by atoms with E-state index < -0.39 is 0 Å². The molecule has 0 unspecified atom stereocenters. The molecule has 0 aromatic heterocycles. The first kappa shape index (κ1) is 18.2. The van der Waals surface area contributed by atoms with Crippen molar-refractivity contribution in [2.45, 2.75) is 26.9 Å². The quantitative estimate of drug-likeness (QED) is 0.626. The molecule has 6 nitrogen and oxygen atoms in total. The van der Waals surface area contributed by atoms with Crippen LogP contribution in [0.25, 0.3) is 0 Å². The number of hydrazone groups is 1. The van der Waals surface area contributed by atoms with Crippen LogP contribution in [-0.2, 0) is 4.79 Å². The Labute approximate surface area is 146 Å². The molecule has 0 bridgehead atoms. The van der Waals surface area contributed by atoms with Crippen molar-refractivity contribution in [1.82, 2.24) is 5.43 Å². The second kappa shape index (κ2) is 8.63. The van der Waals surface area contributed by atoms with Gasteiger partial charge in [-0.25, -0.2) is 5.43 Å². The number of carbonyl (C=O) groups is 2. The maximum absolute atomic E-state index is 12.1. The van der Waals surface area contributed by atoms with E-state index in [2.05, 4.69) is 15.8 Å². The summed E-state index contributed by atoms with van der Waals surface area (Å²) in [6, 6.07) is 14.0. The van der Waals surface area contributed by atoms with Crippen LogP contribution in [0.5, 0.6) is 5.75 Å². The first-order chi connectivity index (χ1) is 12.0. The molecular formula is C19H21N3O3. The largest absolute Gasteiger partial charge is 0.490 e. The molecule has 2 aromatic carbocycles. The molecule has 0 spiro atoms. The normalized spacial score (nSPS) is 10.7. The predicted octanol–water partition coefficient (Wildman–Crippen LogP) is 3.20. The smallest absolute Gasteiger partial charge is 0.271 e. The Balaban J connectivity index is 2.00. The minimum Gasteiger partial charge on any atom is -0.490 e. The zero-order valence-electron chi connectivity index (χ0n) is 14.4. The molecule has 0 aliphatic carbocycles. The van der Waals surface area contributed by atoms with Gasteiger partial charge >= 0.3 is 0 Å². The number of anilines is 1. The fraction of sp³-hybridized carbons (Fsp3) is 0.211. The van der Waals surface area contributed by atoms with E-state index in [0.29, 0.717) is 17.0 Å². The van der Waals surface area contributed by atoms with Gasteiger partial charge in [0.2, 0.25) is 5.91 Å². The maximum atomic E-state index is 12.1. The second-order valence-corrected chi connectivity index (χ2v) is 5.66. The summed E-state index contributed by atoms with van der Waals surface area (Å²) in [6.45, 7) is 5.32. The third kappa shape index (κ3) is 5.76. The maximum Gasteiger partial charge on any atom is 0.271 e. The van der Waals surface area contributed by atoms with Crippen molar-refractivity contribution in [3.05, 3.63) is 59.7 Å². The Kier molecular flexibility index (Phi) is 6.28. The van der Waals surface area contributed by atoms with Gasteiger partial charge in [0.25, 0.3) is 5.91 Å². The molecule has 2 amide bonds. The number of benzene rings is 2. The Hall–Kier alpha value is -3.15. The summed E-state index contributed by atoms with van der Waals surface area (Å²) in [7, 11) is 0. The monoisotopic (exact) mass is 339 g/mol. The van der Waals surface area contributed by atoms with Crippen LogP contribution in [0.1, 0.15) is 36.7 Å². The Bertz CT molecular complexity index is 768. The van der Waals surface area contributed by atoms with Crippen molar-refractivity contribution in [3.8, 4) is 5.75 Å². The number of ether oxygens (including phenoxy) is 1. The molecule has 0 saturated heterocycles. The third-order valence-electron chi connectivity index (χ3n) is 3.12. The van der Waals surface area contributed by atoms with Crippen molar-refractivity contribution >= 4 is 23.7 Å². The van der Waals surface area contributed by atoms with E-state index in [9.17, 15) is 9.59 Å². The molecule has 0 radical (unpaired) electrons. The van der Waals surface area contributed by atoms with Crippen LogP contribution < -0.4 is 15.5 Å². The lowest BCUT2D eigenvalue weighted by atomic mass is 10.2. The lowest BCUT2D eigenvalue weighted by Gasteiger charge is -2.11. The standard InChI is InChI=1S/C19H21N3O3/c1-13(2)25-18-7-5-4-6-16(18)12-20-22-19(24)15-8-10-17(11-9-15)21-14(3)23/h4-13H,1-3H3,(H,21,23)(H,22,24)/b20-12-. The lowest BCUT2D eigenvalue weighted by molar-refractivity contribution is -0.114. The van der Waals surface area contributed by atoms with E-state index in [0.717, 1.165) is 5.56 Å². The van der Waals surface area contributed by atoms with Gasteiger partial charge in [0.05, 0.1) is 12.3 Å². The van der Waals surface area contributed by atoms with Gasteiger partial charge < -0.3 is 10.1 Å². The van der Waals surface area contributed by atoms with E-state index in [1.807, 2.05) is 38.1 Å². The molecule has 2 aromatic rings. The number of hydrogen-bond donors (Lipinski definition) is 2. The van der Waals surface area contributed by atoms with Gasteiger partial charge in [-0.2, -0.15) is 5.10 Å². The number of hydrogen-bond acceptors (Lipinski definition) is 4. The minimum absolute atomic E-state index is 0.0475. The minimum atomic E-state index is -0.340. The van der Waals surface area contributed by atoms with E-state index in [1.54, 1.807) is 30.5 Å². The molecule has 0 saturated carbocycles. The van der Waals surface area contributed by atoms with Gasteiger partial charge in [-0.05, 0) is 50.2 Å². The van der Waals surface area contributed by atoms with E-state index in [-0.39, 0.29) is 17.9 Å². The molecule has 2 N–H and O–H groups in total. The number of nitrogens with zero attached hydrogens (tertiary/aromatic N) is 1. The lowest BCUT2D eigenvalue weighted by Crippen LogP contribution is -2.17. The van der Waals surface area contributed by atoms with Gasteiger partial charge in [0.1, 0.15) is 5.75 Å². The molecule has 6 heteroatoms. The number of nitrogens with one attached hydrogen (secondary N) is 2. The summed E-state index contributed by atoms with van der Waals surface area (Å²) in [4.78, 5) is 23.1. The third-order valence-corrected chi connectivity index (χ3v) is 3.12. The SMILES string of the molecule is CC(=O)Nc1ccc(C(=O)N/N=C\c2ccccc2OC(C)C)cc1. The highest BCUT2D eigenvalue weighted by Crippen LogP contribution is 2.17. The second-order valence-electron chi connectivity index (χ2n) is 5.66. The zero-order valence-corrected chi connectivity index (χ0v) is 14.4. The first-order valence-electron chi connectivity index (χ1n) is 7.92. The van der Waals surface area contributed by atoms with Crippen LogP contribution in [0.3, 0.4) is 0 Å². The van der Waals surface area contributed by atoms with Crippen molar-refractivity contribution in [3.63, 3.8) is 0 Å². The fourth-order valence-electron chi connectivity index (χ4n) is 2.08. The molecular weight excluding hydrogens is 318 g/mol. The summed E-state index contributed by atoms with van der Waals surface area (Å²) in [6.07, 6.45) is 1.59. The van der Waals surface area contributed by atoms with E-state index >= 15 is 0 Å². The molecule has 0 aliphatic heterocycles. The molecule has 0 aliphatic rings. The van der Waals surface area contributed by atoms with Crippen LogP contribution >= 0.6 is 0 Å². The van der Waals surface area contributed by atoms with Crippen molar-refractivity contribution in [2.75, 3.05) is 5.32 Å². The number of amides is 2. The zero-order chi connectivity index (χ0) is 18.2. The molecule has 0 heterocycles. The van der Waals surface area contributed by atoms with Gasteiger partial charge in [0, 0.05) is 23.7 Å². The Morgan fingerprint density at radius 1 is 1.08 bits per heavy atom. The van der Waals surface area contributed by atoms with E-state index in [4.69, 9.17) is 4.74 Å². The topological polar surface area (TPSA) is 79.8 Å². The predicted molar refractivity (Wildman–Crippen MR) is 98.0 cm³/mol. The summed E-state index contributed by atoms with van der Waals surface area (Å²) in [5.74, 6) is 0.201. The average molecular weight is 339 g/mol. The summed E-state index contributed by atoms with van der Waals surface area (Å²) in [5, 5.41) is 6.63. The average Bonchev–Trinajstić information content (AvgIpc) is 2.56. The Morgan fingerprint density at radius 2 is 1.76 bits per heavy atom. The van der Waals surface area contributed by atoms with Crippen LogP contribution in [0.4, 0.5) is 5.69 Å². The highest BCUT2D eigenvalue weighted by atomic mass is 16.5. The first-order valence-corrected chi connectivity index (χ1v) is 7.92. The van der Waals surface area contributed by atoms with Crippen molar-refractivity contribution in [2.24, 2.45) is 5.10 Å². The summed E-state index contributed by atoms with van der Waals surface area (Å²) >= 11 is 0. The van der Waals surface area contributed by atoms with Crippen molar-refractivity contribution < 1.29 is 14.3 Å². The highest BCUT2D eigenvalue weighted by molar-refractivity contribution is 5.96. The molecule has 2 rings (SSSR count). The number of rotatable bonds is 6. The highest BCUT2D eigenvalue weighted by Gasteiger charge is 2.06. The summed E-state index contributed by atoms with van der Waals surface area (Å²) in [5.41, 5.74) is 4.33. The molecule has 0 atom stereocenters. The van der Waals surface area contributed by atoms with Crippen LogP contribution in [-0.4, -0.2) is 24.1 Å². The van der Waals surface area contributed by atoms with Crippen LogP contribution in [0.15, 0.2) is 53.6 Å². The van der Waals surface area contributed by atoms with Crippen molar-refractivity contribution in [1.29, 1.82) is 0 Å². The van der Waals surface area contributed by atoms with Gasteiger partial charge in [0.15, 0.2) is 0 Å². The van der Waals surface area contributed by atoms with Gasteiger partial charge in [-0.15, -0.1) is 0 Å². The number of carbonyl (C=O) groups excluding carboxylic acids is 2. The Morgan fingerprint density at radius 3 is 2.40 bits per heavy atom. The molecule has 25 heavy (non-hydrogen) atoms. The van der Waals surface area contributed by atoms with Crippen LogP contribution in [0, 0.1) is 0 Å². The van der Waals surface area contributed by atoms with Crippen LogP contribution in [0.2, 0.25) is 0 Å². The summed E-state index contributed by atoms with van der Waals surface area (Å²) < 4.78 is 5.69. The molecule has 130 valence electrons. The van der Waals surface area contributed by atoms with E-state index in [1.165, 1.54) is 6.92 Å². The van der Waals surface area contributed by atoms with Gasteiger partial charge in [-0.1, -0.05) is 12.1 Å². The fourth-order valence-corrected chi connectivity index (χ4v) is 2.08. The van der Waals surface area contributed by atoms with Gasteiger partial charge in [-0.3, -0.25) is 9.59 Å². The molecule has 0 fully saturated rings.